The first kappa shape index (κ1) is 18.3. The van der Waals surface area contributed by atoms with Crippen LogP contribution in [0.4, 0.5) is 26.3 Å². The maximum absolute atomic E-state index is 12.6. The van der Waals surface area contributed by atoms with Gasteiger partial charge >= 0.3 is 12.4 Å². The van der Waals surface area contributed by atoms with Crippen molar-refractivity contribution in [2.24, 2.45) is 5.73 Å². The summed E-state index contributed by atoms with van der Waals surface area (Å²) in [4.78, 5) is 11.7. The average Bonchev–Trinajstić information content (AvgIpc) is 2.35. The molecule has 22 heavy (non-hydrogen) atoms. The van der Waals surface area contributed by atoms with Crippen LogP contribution in [0.15, 0.2) is 18.2 Å². The van der Waals surface area contributed by atoms with E-state index in [0.29, 0.717) is 18.6 Å². The van der Waals surface area contributed by atoms with E-state index in [1.807, 2.05) is 0 Å². The van der Waals surface area contributed by atoms with Crippen molar-refractivity contribution in [1.29, 1.82) is 0 Å². The number of amides is 1. The molecule has 0 bridgehead atoms. The number of rotatable bonds is 4. The van der Waals surface area contributed by atoms with Gasteiger partial charge in [-0.05, 0) is 31.5 Å². The van der Waals surface area contributed by atoms with Gasteiger partial charge in [-0.15, -0.1) is 0 Å². The smallest absolute Gasteiger partial charge is 0.352 e. The summed E-state index contributed by atoms with van der Waals surface area (Å²) in [5.41, 5.74) is 1.67. The molecule has 0 aliphatic heterocycles. The van der Waals surface area contributed by atoms with Crippen molar-refractivity contribution >= 4 is 5.91 Å². The van der Waals surface area contributed by atoms with E-state index in [2.05, 4.69) is 5.32 Å². The van der Waals surface area contributed by atoms with Crippen LogP contribution < -0.4 is 11.1 Å². The Balaban J connectivity index is 3.10. The topological polar surface area (TPSA) is 55.1 Å². The minimum Gasteiger partial charge on any atom is -0.352 e. The maximum Gasteiger partial charge on any atom is 0.416 e. The highest BCUT2D eigenvalue weighted by Crippen LogP contribution is 2.36. The lowest BCUT2D eigenvalue weighted by molar-refractivity contribution is -0.143. The molecule has 0 spiro atoms. The standard InChI is InChI=1S/C13H14F6N2O/c1-7(20)2-3-21-11(22)8-4-9(12(14,15)16)6-10(5-8)13(17,18)19/h4-7H,2-3,20H2,1H3,(H,21,22). The SMILES string of the molecule is CC(N)CCNC(=O)c1cc(C(F)(F)F)cc(C(F)(F)F)c1. The molecule has 1 atom stereocenters. The normalized spacial score (nSPS) is 13.8. The summed E-state index contributed by atoms with van der Waals surface area (Å²) in [7, 11) is 0. The fourth-order valence-corrected chi connectivity index (χ4v) is 1.60. The van der Waals surface area contributed by atoms with Gasteiger partial charge in [-0.25, -0.2) is 0 Å². The van der Waals surface area contributed by atoms with E-state index in [9.17, 15) is 31.1 Å². The number of nitrogens with one attached hydrogen (secondary N) is 1. The summed E-state index contributed by atoms with van der Waals surface area (Å²) < 4.78 is 75.9. The van der Waals surface area contributed by atoms with Crippen LogP contribution >= 0.6 is 0 Å². The molecule has 0 aromatic heterocycles. The lowest BCUT2D eigenvalue weighted by Gasteiger charge is -2.14. The minimum absolute atomic E-state index is 0.0290. The Hall–Kier alpha value is -1.77. The maximum atomic E-state index is 12.6. The van der Waals surface area contributed by atoms with Gasteiger partial charge in [-0.1, -0.05) is 0 Å². The molecule has 124 valence electrons. The quantitative estimate of drug-likeness (QED) is 0.834. The van der Waals surface area contributed by atoms with Crippen molar-refractivity contribution in [3.63, 3.8) is 0 Å². The van der Waals surface area contributed by atoms with Crippen LogP contribution in [0.25, 0.3) is 0 Å². The molecule has 0 aliphatic carbocycles. The summed E-state index contributed by atoms with van der Waals surface area (Å²) in [6.45, 7) is 1.70. The summed E-state index contributed by atoms with van der Waals surface area (Å²) in [5, 5.41) is 2.23. The Kier molecular flexibility index (Phi) is 5.44. The van der Waals surface area contributed by atoms with E-state index >= 15 is 0 Å². The van der Waals surface area contributed by atoms with Crippen LogP contribution in [0.1, 0.15) is 34.8 Å². The number of carbonyl (C=O) groups is 1. The molecule has 3 nitrogen and oxygen atoms in total. The minimum atomic E-state index is -4.98. The number of halogens is 6. The first-order valence-electron chi connectivity index (χ1n) is 6.24. The number of nitrogens with two attached hydrogens (primary N) is 1. The van der Waals surface area contributed by atoms with Crippen molar-refractivity contribution in [1.82, 2.24) is 5.32 Å². The van der Waals surface area contributed by atoms with Crippen LogP contribution in [0.3, 0.4) is 0 Å². The molecule has 1 rings (SSSR count). The van der Waals surface area contributed by atoms with Gasteiger partial charge in [0.2, 0.25) is 0 Å². The van der Waals surface area contributed by atoms with E-state index in [4.69, 9.17) is 5.73 Å². The van der Waals surface area contributed by atoms with E-state index in [0.717, 1.165) is 0 Å². The van der Waals surface area contributed by atoms with E-state index in [1.165, 1.54) is 0 Å². The first-order chi connectivity index (χ1) is 9.91. The zero-order valence-electron chi connectivity index (χ0n) is 11.5. The van der Waals surface area contributed by atoms with Gasteiger partial charge in [0.05, 0.1) is 11.1 Å². The number of benzene rings is 1. The van der Waals surface area contributed by atoms with Crippen LogP contribution in [0, 0.1) is 0 Å². The van der Waals surface area contributed by atoms with Gasteiger partial charge in [0, 0.05) is 18.2 Å². The number of carbonyl (C=O) groups excluding carboxylic acids is 1. The molecule has 0 heterocycles. The molecular formula is C13H14F6N2O. The van der Waals surface area contributed by atoms with Gasteiger partial charge < -0.3 is 11.1 Å². The highest BCUT2D eigenvalue weighted by molar-refractivity contribution is 5.94. The Bertz CT molecular complexity index is 504. The van der Waals surface area contributed by atoms with Gasteiger partial charge in [0.15, 0.2) is 0 Å². The Morgan fingerprint density at radius 3 is 1.91 bits per heavy atom. The van der Waals surface area contributed by atoms with Crippen LogP contribution in [-0.2, 0) is 12.4 Å². The molecule has 0 radical (unpaired) electrons. The largest absolute Gasteiger partial charge is 0.416 e. The third kappa shape index (κ3) is 5.21. The van der Waals surface area contributed by atoms with Crippen molar-refractivity contribution in [2.75, 3.05) is 6.54 Å². The highest BCUT2D eigenvalue weighted by atomic mass is 19.4. The predicted molar refractivity (Wildman–Crippen MR) is 67.0 cm³/mol. The summed E-state index contributed by atoms with van der Waals surface area (Å²) in [5.74, 6) is -1.02. The second kappa shape index (κ2) is 6.55. The van der Waals surface area contributed by atoms with E-state index < -0.39 is 35.0 Å². The third-order valence-electron chi connectivity index (χ3n) is 2.74. The van der Waals surface area contributed by atoms with Gasteiger partial charge in [0.1, 0.15) is 0 Å². The predicted octanol–water partition coefficient (Wildman–Crippen LogP) is 3.19. The first-order valence-corrected chi connectivity index (χ1v) is 6.24. The molecule has 0 saturated heterocycles. The van der Waals surface area contributed by atoms with Crippen molar-refractivity contribution in [3.8, 4) is 0 Å². The molecule has 0 fully saturated rings. The highest BCUT2D eigenvalue weighted by Gasteiger charge is 2.37. The van der Waals surface area contributed by atoms with Crippen LogP contribution in [-0.4, -0.2) is 18.5 Å². The van der Waals surface area contributed by atoms with Gasteiger partial charge in [-0.3, -0.25) is 4.79 Å². The summed E-state index contributed by atoms with van der Waals surface area (Å²) >= 11 is 0. The molecular weight excluding hydrogens is 314 g/mol. The van der Waals surface area contributed by atoms with Gasteiger partial charge in [0.25, 0.3) is 5.91 Å². The van der Waals surface area contributed by atoms with Gasteiger partial charge in [-0.2, -0.15) is 26.3 Å². The second-order valence-corrected chi connectivity index (χ2v) is 4.82. The van der Waals surface area contributed by atoms with Crippen molar-refractivity contribution in [3.05, 3.63) is 34.9 Å². The lowest BCUT2D eigenvalue weighted by Crippen LogP contribution is -2.29. The van der Waals surface area contributed by atoms with Crippen molar-refractivity contribution < 1.29 is 31.1 Å². The molecule has 9 heteroatoms. The number of hydrogen-bond acceptors (Lipinski definition) is 2. The lowest BCUT2D eigenvalue weighted by atomic mass is 10.0. The average molecular weight is 328 g/mol. The van der Waals surface area contributed by atoms with Crippen molar-refractivity contribution in [2.45, 2.75) is 31.7 Å². The molecule has 1 amide bonds. The summed E-state index contributed by atoms with van der Waals surface area (Å²) in [6, 6.07) is 0.485. The molecule has 1 aromatic carbocycles. The van der Waals surface area contributed by atoms with Crippen LogP contribution in [0.2, 0.25) is 0 Å². The summed E-state index contributed by atoms with van der Waals surface area (Å²) in [6.07, 6.45) is -9.62. The molecule has 0 saturated carbocycles. The second-order valence-electron chi connectivity index (χ2n) is 4.82. The number of hydrogen-bond donors (Lipinski definition) is 2. The Labute approximate surface area is 122 Å². The fraction of sp³-hybridized carbons (Fsp3) is 0.462. The molecule has 1 aromatic rings. The van der Waals surface area contributed by atoms with E-state index in [-0.39, 0.29) is 18.7 Å². The fourth-order valence-electron chi connectivity index (χ4n) is 1.60. The van der Waals surface area contributed by atoms with Crippen LogP contribution in [0.5, 0.6) is 0 Å². The third-order valence-corrected chi connectivity index (χ3v) is 2.74. The molecule has 1 unspecified atom stereocenters. The molecule has 0 aliphatic rings. The Morgan fingerprint density at radius 2 is 1.55 bits per heavy atom. The number of alkyl halides is 6. The zero-order valence-corrected chi connectivity index (χ0v) is 11.5. The Morgan fingerprint density at radius 1 is 1.09 bits per heavy atom. The van der Waals surface area contributed by atoms with E-state index in [1.54, 1.807) is 6.92 Å². The molecule has 3 N–H and O–H groups in total. The monoisotopic (exact) mass is 328 g/mol. The zero-order chi connectivity index (χ0) is 17.1.